The average molecular weight is 375 g/mol. The maximum Gasteiger partial charge on any atom is 0.271 e. The molecular weight excluding hydrogens is 354 g/mol. The number of nitrogens with zero attached hydrogens (tertiary/aromatic N) is 4. The quantitative estimate of drug-likeness (QED) is 0.504. The Bertz CT molecular complexity index is 1080. The maximum absolute atomic E-state index is 12.3. The van der Waals surface area contributed by atoms with Gasteiger partial charge in [0.15, 0.2) is 5.69 Å². The second-order valence-electron chi connectivity index (χ2n) is 6.39. The maximum atomic E-state index is 12.3. The summed E-state index contributed by atoms with van der Waals surface area (Å²) in [6.45, 7) is 1.17. The molecule has 142 valence electrons. The zero-order valence-electron chi connectivity index (χ0n) is 15.6. The van der Waals surface area contributed by atoms with E-state index in [0.29, 0.717) is 18.8 Å². The Balaban J connectivity index is 1.59. The highest BCUT2D eigenvalue weighted by Crippen LogP contribution is 2.22. The van der Waals surface area contributed by atoms with E-state index in [-0.39, 0.29) is 5.91 Å². The molecule has 0 aliphatic carbocycles. The summed E-state index contributed by atoms with van der Waals surface area (Å²) in [6, 6.07) is 13.8. The molecule has 4 heterocycles. The number of pyridine rings is 2. The number of carbonyl (C=O) groups is 1. The zero-order valence-corrected chi connectivity index (χ0v) is 15.6. The molecule has 0 fully saturated rings. The molecule has 1 amide bonds. The summed E-state index contributed by atoms with van der Waals surface area (Å²) >= 11 is 0. The van der Waals surface area contributed by atoms with Crippen LogP contribution in [0.25, 0.3) is 22.5 Å². The van der Waals surface area contributed by atoms with Crippen molar-refractivity contribution in [2.45, 2.75) is 6.42 Å². The normalized spacial score (nSPS) is 11.0. The first-order valence-electron chi connectivity index (χ1n) is 9.11. The Morgan fingerprint density at radius 2 is 1.89 bits per heavy atom. The van der Waals surface area contributed by atoms with Crippen molar-refractivity contribution in [3.8, 4) is 16.9 Å². The van der Waals surface area contributed by atoms with Crippen molar-refractivity contribution in [2.75, 3.05) is 20.3 Å². The van der Waals surface area contributed by atoms with Crippen LogP contribution in [0, 0.1) is 0 Å². The summed E-state index contributed by atoms with van der Waals surface area (Å²) in [4.78, 5) is 16.3. The van der Waals surface area contributed by atoms with Gasteiger partial charge in [0, 0.05) is 50.6 Å². The minimum absolute atomic E-state index is 0.187. The van der Waals surface area contributed by atoms with Gasteiger partial charge in [-0.2, -0.15) is 5.10 Å². The molecule has 0 aliphatic heterocycles. The van der Waals surface area contributed by atoms with E-state index in [2.05, 4.69) is 38.1 Å². The molecule has 7 heteroatoms. The summed E-state index contributed by atoms with van der Waals surface area (Å²) in [7, 11) is 1.64. The summed E-state index contributed by atoms with van der Waals surface area (Å²) < 4.78 is 8.76. The van der Waals surface area contributed by atoms with E-state index in [1.165, 1.54) is 0 Å². The molecular formula is C21H21N5O2. The van der Waals surface area contributed by atoms with Gasteiger partial charge in [-0.1, -0.05) is 6.07 Å². The molecule has 4 aromatic heterocycles. The van der Waals surface area contributed by atoms with Crippen LogP contribution in [0.1, 0.15) is 16.9 Å². The third-order valence-electron chi connectivity index (χ3n) is 4.51. The molecule has 0 aromatic carbocycles. The van der Waals surface area contributed by atoms with Crippen LogP contribution >= 0.6 is 0 Å². The first kappa shape index (κ1) is 17.9. The number of hydrogen-bond acceptors (Lipinski definition) is 4. The predicted octanol–water partition coefficient (Wildman–Crippen LogP) is 2.95. The van der Waals surface area contributed by atoms with Crippen LogP contribution in [0.5, 0.6) is 0 Å². The fraction of sp³-hybridized carbons (Fsp3) is 0.190. The molecule has 7 nitrogen and oxygen atoms in total. The van der Waals surface area contributed by atoms with Crippen molar-refractivity contribution in [3.05, 3.63) is 72.9 Å². The highest BCUT2D eigenvalue weighted by molar-refractivity contribution is 5.92. The Kier molecular flexibility index (Phi) is 5.16. The van der Waals surface area contributed by atoms with Crippen molar-refractivity contribution >= 4 is 11.4 Å². The van der Waals surface area contributed by atoms with E-state index < -0.39 is 0 Å². The molecule has 0 saturated carbocycles. The van der Waals surface area contributed by atoms with Gasteiger partial charge in [0.2, 0.25) is 0 Å². The molecule has 0 radical (unpaired) electrons. The highest BCUT2D eigenvalue weighted by atomic mass is 16.5. The molecule has 0 atom stereocenters. The lowest BCUT2D eigenvalue weighted by molar-refractivity contribution is 0.0943. The number of nitrogens with one attached hydrogen (secondary N) is 1. The standard InChI is InChI=1S/C21H21N5O2/c1-28-14-2-10-23-21(27)19-9-13-26(24-19)20-6-5-18-4-3-17(15-25(18)20)16-7-11-22-12-8-16/h3-9,11-13,15H,2,10,14H2,1H3,(H,23,27). The first-order chi connectivity index (χ1) is 13.8. The smallest absolute Gasteiger partial charge is 0.271 e. The second kappa shape index (κ2) is 8.06. The lowest BCUT2D eigenvalue weighted by Crippen LogP contribution is -2.25. The average Bonchev–Trinajstić information content (AvgIpc) is 3.38. The Hall–Kier alpha value is -3.45. The topological polar surface area (TPSA) is 73.5 Å². The molecule has 4 aromatic rings. The lowest BCUT2D eigenvalue weighted by atomic mass is 10.1. The van der Waals surface area contributed by atoms with E-state index in [1.54, 1.807) is 36.4 Å². The number of fused-ring (bicyclic) bond motifs is 1. The van der Waals surface area contributed by atoms with Crippen molar-refractivity contribution in [3.63, 3.8) is 0 Å². The number of methoxy groups -OCH3 is 1. The fourth-order valence-electron chi connectivity index (χ4n) is 3.07. The van der Waals surface area contributed by atoms with E-state index in [9.17, 15) is 4.79 Å². The van der Waals surface area contributed by atoms with Crippen LogP contribution in [0.3, 0.4) is 0 Å². The third kappa shape index (κ3) is 3.65. The minimum atomic E-state index is -0.187. The van der Waals surface area contributed by atoms with Gasteiger partial charge in [0.05, 0.1) is 0 Å². The fourth-order valence-corrected chi connectivity index (χ4v) is 3.07. The Morgan fingerprint density at radius 3 is 2.71 bits per heavy atom. The van der Waals surface area contributed by atoms with Gasteiger partial charge in [0.25, 0.3) is 5.91 Å². The summed E-state index contributed by atoms with van der Waals surface area (Å²) in [5, 5.41) is 7.30. The van der Waals surface area contributed by atoms with E-state index in [0.717, 1.165) is 28.9 Å². The minimum Gasteiger partial charge on any atom is -0.385 e. The van der Waals surface area contributed by atoms with Crippen LogP contribution < -0.4 is 5.32 Å². The summed E-state index contributed by atoms with van der Waals surface area (Å²) in [5.74, 6) is 0.678. The number of amides is 1. The first-order valence-corrected chi connectivity index (χ1v) is 9.11. The van der Waals surface area contributed by atoms with Crippen molar-refractivity contribution in [1.82, 2.24) is 24.5 Å². The van der Waals surface area contributed by atoms with Gasteiger partial charge >= 0.3 is 0 Å². The predicted molar refractivity (Wildman–Crippen MR) is 107 cm³/mol. The van der Waals surface area contributed by atoms with Gasteiger partial charge in [0.1, 0.15) is 5.82 Å². The second-order valence-corrected chi connectivity index (χ2v) is 6.39. The lowest BCUT2D eigenvalue weighted by Gasteiger charge is -2.07. The van der Waals surface area contributed by atoms with Gasteiger partial charge < -0.3 is 14.5 Å². The van der Waals surface area contributed by atoms with Crippen LogP contribution in [0.2, 0.25) is 0 Å². The zero-order chi connectivity index (χ0) is 19.3. The summed E-state index contributed by atoms with van der Waals surface area (Å²) in [5.41, 5.74) is 3.61. The number of ether oxygens (including phenoxy) is 1. The molecule has 0 bridgehead atoms. The van der Waals surface area contributed by atoms with Gasteiger partial charge in [-0.05, 0) is 53.9 Å². The number of rotatable bonds is 7. The van der Waals surface area contributed by atoms with Crippen LogP contribution in [0.15, 0.2) is 67.3 Å². The van der Waals surface area contributed by atoms with E-state index in [4.69, 9.17) is 4.74 Å². The SMILES string of the molecule is COCCCNC(=O)c1ccn(-c2ccc3ccc(-c4ccncc4)cn23)n1. The third-order valence-corrected chi connectivity index (χ3v) is 4.51. The highest BCUT2D eigenvalue weighted by Gasteiger charge is 2.12. The molecule has 0 saturated heterocycles. The monoisotopic (exact) mass is 375 g/mol. The number of aromatic nitrogens is 4. The summed E-state index contributed by atoms with van der Waals surface area (Å²) in [6.07, 6.45) is 8.18. The van der Waals surface area contributed by atoms with Crippen LogP contribution in [0.4, 0.5) is 0 Å². The van der Waals surface area contributed by atoms with Crippen molar-refractivity contribution in [2.24, 2.45) is 0 Å². The van der Waals surface area contributed by atoms with Gasteiger partial charge in [-0.25, -0.2) is 4.68 Å². The number of hydrogen-bond donors (Lipinski definition) is 1. The molecule has 4 rings (SSSR count). The molecule has 0 unspecified atom stereocenters. The van der Waals surface area contributed by atoms with E-state index in [1.807, 2.05) is 24.3 Å². The Labute approximate surface area is 162 Å². The van der Waals surface area contributed by atoms with Crippen molar-refractivity contribution < 1.29 is 9.53 Å². The van der Waals surface area contributed by atoms with E-state index >= 15 is 0 Å². The molecule has 0 spiro atoms. The largest absolute Gasteiger partial charge is 0.385 e. The van der Waals surface area contributed by atoms with Gasteiger partial charge in [-0.3, -0.25) is 9.78 Å². The van der Waals surface area contributed by atoms with Crippen LogP contribution in [-0.2, 0) is 4.74 Å². The van der Waals surface area contributed by atoms with Crippen LogP contribution in [-0.4, -0.2) is 45.3 Å². The molecule has 1 N–H and O–H groups in total. The molecule has 0 aliphatic rings. The van der Waals surface area contributed by atoms with Gasteiger partial charge in [-0.15, -0.1) is 0 Å². The Morgan fingerprint density at radius 1 is 1.07 bits per heavy atom. The molecule has 28 heavy (non-hydrogen) atoms. The van der Waals surface area contributed by atoms with Crippen molar-refractivity contribution in [1.29, 1.82) is 0 Å². The number of carbonyl (C=O) groups excluding carboxylic acids is 1.